The second-order valence-electron chi connectivity index (χ2n) is 5.14. The molecule has 0 bridgehead atoms. The van der Waals surface area contributed by atoms with E-state index in [1.807, 2.05) is 0 Å². The smallest absolute Gasteiger partial charge is 0.00299 e. The first-order valence-corrected chi connectivity index (χ1v) is 5.92. The highest BCUT2D eigenvalue weighted by atomic mass is 15.1. The van der Waals surface area contributed by atoms with Crippen molar-refractivity contribution in [2.24, 2.45) is 5.41 Å². The SMILES string of the molecule is CCNCCCN(CC)CC(C)(C)C. The molecule has 0 fully saturated rings. The molecule has 0 spiro atoms. The highest BCUT2D eigenvalue weighted by molar-refractivity contribution is 4.68. The summed E-state index contributed by atoms with van der Waals surface area (Å²) in [5.41, 5.74) is 0.425. The van der Waals surface area contributed by atoms with Gasteiger partial charge in [0.15, 0.2) is 0 Å². The predicted octanol–water partition coefficient (Wildman–Crippen LogP) is 2.35. The summed E-state index contributed by atoms with van der Waals surface area (Å²) >= 11 is 0. The molecule has 0 unspecified atom stereocenters. The van der Waals surface area contributed by atoms with Crippen LogP contribution in [0.15, 0.2) is 0 Å². The first-order valence-electron chi connectivity index (χ1n) is 5.92. The lowest BCUT2D eigenvalue weighted by Gasteiger charge is -2.28. The molecular weight excluding hydrogens is 172 g/mol. The Kier molecular flexibility index (Phi) is 7.20. The molecule has 0 aliphatic heterocycles. The lowest BCUT2D eigenvalue weighted by atomic mass is 9.96. The molecule has 2 nitrogen and oxygen atoms in total. The Balaban J connectivity index is 3.58. The average molecular weight is 200 g/mol. The highest BCUT2D eigenvalue weighted by Gasteiger charge is 2.14. The van der Waals surface area contributed by atoms with E-state index in [0.29, 0.717) is 5.41 Å². The Morgan fingerprint density at radius 2 is 1.79 bits per heavy atom. The van der Waals surface area contributed by atoms with E-state index in [4.69, 9.17) is 0 Å². The van der Waals surface area contributed by atoms with Crippen LogP contribution in [-0.4, -0.2) is 37.6 Å². The van der Waals surface area contributed by atoms with Gasteiger partial charge in [-0.05, 0) is 38.0 Å². The van der Waals surface area contributed by atoms with Crippen molar-refractivity contribution in [1.82, 2.24) is 10.2 Å². The summed E-state index contributed by atoms with van der Waals surface area (Å²) in [6.45, 7) is 17.2. The molecule has 0 atom stereocenters. The fourth-order valence-corrected chi connectivity index (χ4v) is 1.62. The van der Waals surface area contributed by atoms with Gasteiger partial charge in [-0.2, -0.15) is 0 Å². The number of nitrogens with one attached hydrogen (secondary N) is 1. The van der Waals surface area contributed by atoms with Gasteiger partial charge in [-0.1, -0.05) is 34.6 Å². The van der Waals surface area contributed by atoms with Crippen LogP contribution in [0.3, 0.4) is 0 Å². The normalized spacial score (nSPS) is 12.4. The Labute approximate surface area is 90.1 Å². The molecule has 1 N–H and O–H groups in total. The predicted molar refractivity (Wildman–Crippen MR) is 64.7 cm³/mol. The van der Waals surface area contributed by atoms with Crippen LogP contribution in [-0.2, 0) is 0 Å². The fourth-order valence-electron chi connectivity index (χ4n) is 1.62. The van der Waals surface area contributed by atoms with Crippen LogP contribution >= 0.6 is 0 Å². The van der Waals surface area contributed by atoms with E-state index < -0.39 is 0 Å². The number of nitrogens with zero attached hydrogens (tertiary/aromatic N) is 1. The van der Waals surface area contributed by atoms with Crippen LogP contribution in [0.4, 0.5) is 0 Å². The van der Waals surface area contributed by atoms with Gasteiger partial charge in [0.2, 0.25) is 0 Å². The van der Waals surface area contributed by atoms with Crippen molar-refractivity contribution in [1.29, 1.82) is 0 Å². The van der Waals surface area contributed by atoms with Gasteiger partial charge < -0.3 is 10.2 Å². The Hall–Kier alpha value is -0.0800. The van der Waals surface area contributed by atoms with Gasteiger partial charge in [-0.15, -0.1) is 0 Å². The van der Waals surface area contributed by atoms with Gasteiger partial charge in [0, 0.05) is 6.54 Å². The third-order valence-corrected chi connectivity index (χ3v) is 2.22. The third kappa shape index (κ3) is 8.52. The van der Waals surface area contributed by atoms with Gasteiger partial charge in [-0.25, -0.2) is 0 Å². The first-order chi connectivity index (χ1) is 6.49. The van der Waals surface area contributed by atoms with Gasteiger partial charge in [0.25, 0.3) is 0 Å². The lowest BCUT2D eigenvalue weighted by Crippen LogP contribution is -2.34. The van der Waals surface area contributed by atoms with Crippen molar-refractivity contribution in [2.45, 2.75) is 41.0 Å². The molecule has 0 aromatic carbocycles. The van der Waals surface area contributed by atoms with Crippen LogP contribution in [0, 0.1) is 5.41 Å². The largest absolute Gasteiger partial charge is 0.317 e. The maximum atomic E-state index is 3.36. The molecule has 0 amide bonds. The Morgan fingerprint density at radius 3 is 2.21 bits per heavy atom. The maximum Gasteiger partial charge on any atom is 0.00299 e. The molecule has 86 valence electrons. The zero-order chi connectivity index (χ0) is 11.0. The van der Waals surface area contributed by atoms with Crippen molar-refractivity contribution >= 4 is 0 Å². The molecule has 0 heterocycles. The minimum absolute atomic E-state index is 0.425. The quantitative estimate of drug-likeness (QED) is 0.635. The lowest BCUT2D eigenvalue weighted by molar-refractivity contribution is 0.197. The van der Waals surface area contributed by atoms with Gasteiger partial charge in [0.1, 0.15) is 0 Å². The van der Waals surface area contributed by atoms with E-state index in [1.165, 1.54) is 26.1 Å². The second kappa shape index (κ2) is 7.24. The molecule has 0 saturated heterocycles. The molecule has 0 rings (SSSR count). The standard InChI is InChI=1S/C12H28N2/c1-6-13-9-8-10-14(7-2)11-12(3,4)5/h13H,6-11H2,1-5H3. The van der Waals surface area contributed by atoms with E-state index in [-0.39, 0.29) is 0 Å². The molecular formula is C12H28N2. The summed E-state index contributed by atoms with van der Waals surface area (Å²) in [4.78, 5) is 2.54. The van der Waals surface area contributed by atoms with Crippen molar-refractivity contribution in [3.63, 3.8) is 0 Å². The third-order valence-electron chi connectivity index (χ3n) is 2.22. The van der Waals surface area contributed by atoms with Crippen LogP contribution in [0.5, 0.6) is 0 Å². The van der Waals surface area contributed by atoms with Gasteiger partial charge in [0.05, 0.1) is 0 Å². The van der Waals surface area contributed by atoms with Crippen LogP contribution in [0.25, 0.3) is 0 Å². The van der Waals surface area contributed by atoms with Crippen molar-refractivity contribution in [2.75, 3.05) is 32.7 Å². The fraction of sp³-hybridized carbons (Fsp3) is 1.00. The molecule has 2 heteroatoms. The maximum absolute atomic E-state index is 3.36. The second-order valence-corrected chi connectivity index (χ2v) is 5.14. The molecule has 14 heavy (non-hydrogen) atoms. The van der Waals surface area contributed by atoms with Crippen molar-refractivity contribution in [3.8, 4) is 0 Å². The molecule has 0 aromatic heterocycles. The number of rotatable bonds is 7. The van der Waals surface area contributed by atoms with E-state index in [2.05, 4.69) is 44.8 Å². The Bertz CT molecular complexity index is 127. The summed E-state index contributed by atoms with van der Waals surface area (Å²) in [6.07, 6.45) is 1.26. The average Bonchev–Trinajstić information content (AvgIpc) is 2.08. The molecule has 0 aromatic rings. The zero-order valence-electron chi connectivity index (χ0n) is 10.7. The van der Waals surface area contributed by atoms with Gasteiger partial charge in [-0.3, -0.25) is 0 Å². The van der Waals surface area contributed by atoms with Crippen LogP contribution < -0.4 is 5.32 Å². The van der Waals surface area contributed by atoms with E-state index >= 15 is 0 Å². The van der Waals surface area contributed by atoms with Crippen molar-refractivity contribution in [3.05, 3.63) is 0 Å². The minimum atomic E-state index is 0.425. The van der Waals surface area contributed by atoms with Crippen LogP contribution in [0.1, 0.15) is 41.0 Å². The van der Waals surface area contributed by atoms with E-state index in [0.717, 1.165) is 13.1 Å². The molecule has 0 radical (unpaired) electrons. The summed E-state index contributed by atoms with van der Waals surface area (Å²) in [5, 5.41) is 3.36. The van der Waals surface area contributed by atoms with E-state index in [9.17, 15) is 0 Å². The Morgan fingerprint density at radius 1 is 1.14 bits per heavy atom. The topological polar surface area (TPSA) is 15.3 Å². The molecule has 0 aliphatic carbocycles. The summed E-state index contributed by atoms with van der Waals surface area (Å²) in [7, 11) is 0. The van der Waals surface area contributed by atoms with E-state index in [1.54, 1.807) is 0 Å². The zero-order valence-corrected chi connectivity index (χ0v) is 10.7. The van der Waals surface area contributed by atoms with Crippen LogP contribution in [0.2, 0.25) is 0 Å². The first kappa shape index (κ1) is 13.9. The summed E-state index contributed by atoms with van der Waals surface area (Å²) in [6, 6.07) is 0. The van der Waals surface area contributed by atoms with Gasteiger partial charge >= 0.3 is 0 Å². The van der Waals surface area contributed by atoms with Crippen molar-refractivity contribution < 1.29 is 0 Å². The molecule has 0 saturated carbocycles. The summed E-state index contributed by atoms with van der Waals surface area (Å²) < 4.78 is 0. The summed E-state index contributed by atoms with van der Waals surface area (Å²) in [5.74, 6) is 0. The molecule has 0 aliphatic rings. The minimum Gasteiger partial charge on any atom is -0.317 e. The monoisotopic (exact) mass is 200 g/mol. The highest BCUT2D eigenvalue weighted by Crippen LogP contribution is 2.14. The number of hydrogen-bond donors (Lipinski definition) is 1. The number of hydrogen-bond acceptors (Lipinski definition) is 2.